The number of aromatic nitrogens is 5. The van der Waals surface area contributed by atoms with Gasteiger partial charge in [0.1, 0.15) is 6.23 Å². The largest absolute Gasteiger partial charge is 0.477 e. The normalized spacial score (nSPS) is 18.3. The first kappa shape index (κ1) is 13.9. The third kappa shape index (κ3) is 2.57. The van der Waals surface area contributed by atoms with Gasteiger partial charge in [-0.15, -0.1) is 0 Å². The van der Waals surface area contributed by atoms with Crippen molar-refractivity contribution in [2.45, 2.75) is 25.5 Å². The zero-order chi connectivity index (χ0) is 15.8. The minimum atomic E-state index is -1.07. The molecular weight excluding hydrogens is 298 g/mol. The number of ether oxygens (including phenoxy) is 1. The van der Waals surface area contributed by atoms with Crippen LogP contribution < -0.4 is 0 Å². The number of carboxylic acid groups (broad SMARTS) is 1. The average molecular weight is 313 g/mol. The third-order valence-electron chi connectivity index (χ3n) is 3.89. The molecule has 0 bridgehead atoms. The van der Waals surface area contributed by atoms with Crippen molar-refractivity contribution in [3.05, 3.63) is 36.5 Å². The van der Waals surface area contributed by atoms with Gasteiger partial charge in [-0.2, -0.15) is 5.10 Å². The van der Waals surface area contributed by atoms with Crippen LogP contribution in [0.3, 0.4) is 0 Å². The van der Waals surface area contributed by atoms with Crippen molar-refractivity contribution in [3.63, 3.8) is 0 Å². The second-order valence-electron chi connectivity index (χ2n) is 5.48. The van der Waals surface area contributed by atoms with E-state index in [9.17, 15) is 4.79 Å². The zero-order valence-electron chi connectivity index (χ0n) is 12.3. The lowest BCUT2D eigenvalue weighted by Gasteiger charge is -2.22. The second-order valence-corrected chi connectivity index (χ2v) is 5.48. The van der Waals surface area contributed by atoms with Crippen molar-refractivity contribution in [1.82, 2.24) is 24.1 Å². The van der Waals surface area contributed by atoms with E-state index in [4.69, 9.17) is 9.84 Å². The average Bonchev–Trinajstić information content (AvgIpc) is 3.21. The van der Waals surface area contributed by atoms with E-state index in [1.54, 1.807) is 23.0 Å². The number of fused-ring (bicyclic) bond motifs is 1. The number of carboxylic acids is 1. The Morgan fingerprint density at radius 3 is 3.00 bits per heavy atom. The van der Waals surface area contributed by atoms with Crippen LogP contribution in [-0.4, -0.2) is 41.8 Å². The summed E-state index contributed by atoms with van der Waals surface area (Å²) < 4.78 is 9.22. The Balaban J connectivity index is 1.66. The zero-order valence-corrected chi connectivity index (χ0v) is 12.3. The number of nitrogens with zero attached hydrogens (tertiary/aromatic N) is 5. The van der Waals surface area contributed by atoms with E-state index in [1.807, 2.05) is 10.9 Å². The van der Waals surface area contributed by atoms with Crippen LogP contribution in [0.15, 0.2) is 30.9 Å². The van der Waals surface area contributed by atoms with E-state index < -0.39 is 5.97 Å². The van der Waals surface area contributed by atoms with E-state index in [2.05, 4.69) is 15.1 Å². The maximum Gasteiger partial charge on any atom is 0.354 e. The van der Waals surface area contributed by atoms with E-state index in [0.717, 1.165) is 31.4 Å². The Bertz CT molecular complexity index is 863. The molecule has 0 amide bonds. The second kappa shape index (κ2) is 5.47. The summed E-state index contributed by atoms with van der Waals surface area (Å²) in [6.07, 6.45) is 10.2. The van der Waals surface area contributed by atoms with Gasteiger partial charge in [0.15, 0.2) is 5.69 Å². The van der Waals surface area contributed by atoms with Crippen LogP contribution in [0.25, 0.3) is 17.0 Å². The van der Waals surface area contributed by atoms with E-state index in [-0.39, 0.29) is 11.9 Å². The number of rotatable bonds is 3. The third-order valence-corrected chi connectivity index (χ3v) is 3.89. The lowest BCUT2D eigenvalue weighted by molar-refractivity contribution is -0.0394. The first-order valence-corrected chi connectivity index (χ1v) is 7.46. The minimum absolute atomic E-state index is 0.0220. The standard InChI is InChI=1S/C15H15N5O3/c21-14(22)11-4-5-19-9-12(18-15(19)17-11)10-7-16-20(8-10)13-3-1-2-6-23-13/h4-5,7-9,13H,1-3,6H2,(H,21,22). The van der Waals surface area contributed by atoms with Gasteiger partial charge >= 0.3 is 5.97 Å². The Kier molecular flexibility index (Phi) is 3.30. The van der Waals surface area contributed by atoms with Gasteiger partial charge in [0.25, 0.3) is 0 Å². The number of carbonyl (C=O) groups is 1. The molecule has 1 fully saturated rings. The summed E-state index contributed by atoms with van der Waals surface area (Å²) in [4.78, 5) is 19.4. The molecule has 118 valence electrons. The van der Waals surface area contributed by atoms with E-state index in [1.165, 1.54) is 6.07 Å². The Morgan fingerprint density at radius 2 is 2.22 bits per heavy atom. The summed E-state index contributed by atoms with van der Waals surface area (Å²) in [6.45, 7) is 0.760. The molecule has 1 atom stereocenters. The number of imidazole rings is 1. The predicted octanol–water partition coefficient (Wildman–Crippen LogP) is 1.99. The summed E-state index contributed by atoms with van der Waals surface area (Å²) in [6, 6.07) is 1.44. The fraction of sp³-hybridized carbons (Fsp3) is 0.333. The maximum absolute atomic E-state index is 11.0. The van der Waals surface area contributed by atoms with Crippen molar-refractivity contribution >= 4 is 11.7 Å². The van der Waals surface area contributed by atoms with Crippen LogP contribution in [0.4, 0.5) is 0 Å². The van der Waals surface area contributed by atoms with Gasteiger partial charge in [0.2, 0.25) is 5.78 Å². The predicted molar refractivity (Wildman–Crippen MR) is 80.0 cm³/mol. The van der Waals surface area contributed by atoms with Gasteiger partial charge in [-0.3, -0.25) is 4.40 Å². The fourth-order valence-electron chi connectivity index (χ4n) is 2.69. The van der Waals surface area contributed by atoms with E-state index in [0.29, 0.717) is 11.5 Å². The molecule has 4 heterocycles. The van der Waals surface area contributed by atoms with Crippen molar-refractivity contribution in [2.75, 3.05) is 6.61 Å². The van der Waals surface area contributed by atoms with Gasteiger partial charge in [0.05, 0.1) is 11.9 Å². The summed E-state index contributed by atoms with van der Waals surface area (Å²) in [5, 5.41) is 13.3. The Hall–Kier alpha value is -2.74. The van der Waals surface area contributed by atoms with Crippen molar-refractivity contribution < 1.29 is 14.6 Å². The van der Waals surface area contributed by atoms with Crippen molar-refractivity contribution in [1.29, 1.82) is 0 Å². The molecule has 3 aromatic rings. The summed E-state index contributed by atoms with van der Waals surface area (Å²) in [5.74, 6) is -0.721. The molecule has 1 saturated heterocycles. The molecule has 1 unspecified atom stereocenters. The van der Waals surface area contributed by atoms with Crippen LogP contribution in [0.5, 0.6) is 0 Å². The first-order chi connectivity index (χ1) is 11.2. The van der Waals surface area contributed by atoms with Crippen molar-refractivity contribution in [2.24, 2.45) is 0 Å². The van der Waals surface area contributed by atoms with Gasteiger partial charge < -0.3 is 9.84 Å². The molecule has 8 nitrogen and oxygen atoms in total. The minimum Gasteiger partial charge on any atom is -0.477 e. The topological polar surface area (TPSA) is 94.5 Å². The van der Waals surface area contributed by atoms with Crippen LogP contribution >= 0.6 is 0 Å². The molecule has 1 N–H and O–H groups in total. The van der Waals surface area contributed by atoms with E-state index >= 15 is 0 Å². The lowest BCUT2D eigenvalue weighted by atomic mass is 10.2. The molecule has 0 spiro atoms. The first-order valence-electron chi connectivity index (χ1n) is 7.46. The Labute approximate surface area is 131 Å². The number of hydrogen-bond donors (Lipinski definition) is 1. The smallest absolute Gasteiger partial charge is 0.354 e. The molecule has 0 radical (unpaired) electrons. The lowest BCUT2D eigenvalue weighted by Crippen LogP contribution is -2.18. The quantitative estimate of drug-likeness (QED) is 0.794. The highest BCUT2D eigenvalue weighted by Crippen LogP contribution is 2.25. The molecular formula is C15H15N5O3. The van der Waals surface area contributed by atoms with Gasteiger partial charge in [-0.25, -0.2) is 19.4 Å². The van der Waals surface area contributed by atoms with Crippen LogP contribution in [0.1, 0.15) is 36.0 Å². The highest BCUT2D eigenvalue weighted by molar-refractivity contribution is 5.85. The molecule has 23 heavy (non-hydrogen) atoms. The molecule has 3 aromatic heterocycles. The summed E-state index contributed by atoms with van der Waals surface area (Å²) >= 11 is 0. The molecule has 8 heteroatoms. The van der Waals surface area contributed by atoms with Gasteiger partial charge in [0, 0.05) is 30.8 Å². The molecule has 0 aromatic carbocycles. The maximum atomic E-state index is 11.0. The van der Waals surface area contributed by atoms with Crippen LogP contribution in [0, 0.1) is 0 Å². The van der Waals surface area contributed by atoms with Crippen LogP contribution in [0.2, 0.25) is 0 Å². The fourth-order valence-corrected chi connectivity index (χ4v) is 2.69. The molecule has 0 saturated carbocycles. The van der Waals surface area contributed by atoms with Crippen molar-refractivity contribution in [3.8, 4) is 11.3 Å². The molecule has 0 aliphatic carbocycles. The van der Waals surface area contributed by atoms with Gasteiger partial charge in [-0.1, -0.05) is 0 Å². The molecule has 4 rings (SSSR count). The summed E-state index contributed by atoms with van der Waals surface area (Å²) in [5.41, 5.74) is 1.52. The monoisotopic (exact) mass is 313 g/mol. The van der Waals surface area contributed by atoms with Gasteiger partial charge in [-0.05, 0) is 25.3 Å². The molecule has 1 aliphatic rings. The highest BCUT2D eigenvalue weighted by atomic mass is 16.5. The SMILES string of the molecule is O=C(O)c1ccn2cc(-c3cnn(C4CCCCO4)c3)nc2n1. The summed E-state index contributed by atoms with van der Waals surface area (Å²) in [7, 11) is 0. The number of aromatic carboxylic acids is 1. The highest BCUT2D eigenvalue weighted by Gasteiger charge is 2.18. The van der Waals surface area contributed by atoms with Crippen LogP contribution in [-0.2, 0) is 4.74 Å². The Morgan fingerprint density at radius 1 is 1.30 bits per heavy atom. The number of hydrogen-bond acceptors (Lipinski definition) is 5. The molecule has 1 aliphatic heterocycles.